The predicted molar refractivity (Wildman–Crippen MR) is 63.0 cm³/mol. The third-order valence-corrected chi connectivity index (χ3v) is 3.44. The van der Waals surface area contributed by atoms with E-state index in [4.69, 9.17) is 0 Å². The van der Waals surface area contributed by atoms with E-state index < -0.39 is 12.7 Å². The number of hydrogen-bond acceptors (Lipinski definition) is 2. The second-order valence-corrected chi connectivity index (χ2v) is 5.29. The summed E-state index contributed by atoms with van der Waals surface area (Å²) >= 11 is 0. The quantitative estimate of drug-likeness (QED) is 0.809. The molecule has 0 aliphatic carbocycles. The van der Waals surface area contributed by atoms with Gasteiger partial charge in [0, 0.05) is 18.6 Å². The maximum Gasteiger partial charge on any atom is 0.401 e. The fraction of sp³-hybridized carbons (Fsp3) is 1.00. The van der Waals surface area contributed by atoms with Gasteiger partial charge in [0.1, 0.15) is 0 Å². The van der Waals surface area contributed by atoms with Gasteiger partial charge < -0.3 is 5.32 Å². The minimum absolute atomic E-state index is 0.173. The maximum atomic E-state index is 12.0. The van der Waals surface area contributed by atoms with Gasteiger partial charge in [-0.2, -0.15) is 13.2 Å². The van der Waals surface area contributed by atoms with Crippen LogP contribution in [0.1, 0.15) is 33.6 Å². The molecule has 1 fully saturated rings. The van der Waals surface area contributed by atoms with Gasteiger partial charge in [-0.05, 0) is 32.2 Å². The third kappa shape index (κ3) is 4.84. The molecule has 1 aliphatic heterocycles. The van der Waals surface area contributed by atoms with Crippen LogP contribution in [-0.2, 0) is 0 Å². The predicted octanol–water partition coefficient (Wildman–Crippen LogP) is 2.65. The molecule has 2 atom stereocenters. The van der Waals surface area contributed by atoms with Crippen molar-refractivity contribution in [1.29, 1.82) is 0 Å². The monoisotopic (exact) mass is 252 g/mol. The first kappa shape index (κ1) is 14.8. The summed E-state index contributed by atoms with van der Waals surface area (Å²) in [5.41, 5.74) is 0. The van der Waals surface area contributed by atoms with E-state index in [0.29, 0.717) is 18.5 Å². The molecule has 2 unspecified atom stereocenters. The molecule has 1 aliphatic rings. The summed E-state index contributed by atoms with van der Waals surface area (Å²) in [4.78, 5) is 2.34. The van der Waals surface area contributed by atoms with Gasteiger partial charge >= 0.3 is 6.18 Å². The van der Waals surface area contributed by atoms with Gasteiger partial charge in [-0.3, -0.25) is 4.90 Å². The van der Waals surface area contributed by atoms with Crippen molar-refractivity contribution in [2.75, 3.05) is 19.6 Å². The van der Waals surface area contributed by atoms with Gasteiger partial charge in [0.2, 0.25) is 0 Å². The Morgan fingerprint density at radius 1 is 1.29 bits per heavy atom. The van der Waals surface area contributed by atoms with E-state index in [1.807, 2.05) is 6.92 Å². The lowest BCUT2D eigenvalue weighted by atomic mass is 10.0. The van der Waals surface area contributed by atoms with E-state index in [-0.39, 0.29) is 6.04 Å². The van der Waals surface area contributed by atoms with Crippen LogP contribution in [0, 0.1) is 5.92 Å². The average molecular weight is 252 g/mol. The smallest absolute Gasteiger partial charge is 0.307 e. The maximum absolute atomic E-state index is 12.0. The van der Waals surface area contributed by atoms with Crippen molar-refractivity contribution in [1.82, 2.24) is 10.2 Å². The van der Waals surface area contributed by atoms with Crippen LogP contribution in [0.3, 0.4) is 0 Å². The molecule has 0 amide bonds. The van der Waals surface area contributed by atoms with Crippen molar-refractivity contribution in [2.24, 2.45) is 5.92 Å². The lowest BCUT2D eigenvalue weighted by molar-refractivity contribution is -0.125. The second-order valence-electron chi connectivity index (χ2n) is 5.29. The first-order valence-corrected chi connectivity index (χ1v) is 6.34. The first-order chi connectivity index (χ1) is 7.81. The molecule has 0 aromatic heterocycles. The summed E-state index contributed by atoms with van der Waals surface area (Å²) in [6.07, 6.45) is -1.78. The molecule has 17 heavy (non-hydrogen) atoms. The molecule has 5 heteroatoms. The fourth-order valence-electron chi connectivity index (χ4n) is 2.62. The molecule has 0 bridgehead atoms. The zero-order valence-corrected chi connectivity index (χ0v) is 10.8. The lowest BCUT2D eigenvalue weighted by Crippen LogP contribution is -2.46. The van der Waals surface area contributed by atoms with Crippen LogP contribution in [0.4, 0.5) is 13.2 Å². The Labute approximate surface area is 102 Å². The molecule has 1 saturated heterocycles. The summed E-state index contributed by atoms with van der Waals surface area (Å²) in [6, 6.07) is 0.699. The van der Waals surface area contributed by atoms with E-state index in [9.17, 15) is 13.2 Å². The summed E-state index contributed by atoms with van der Waals surface area (Å²) < 4.78 is 36.0. The Kier molecular flexibility index (Phi) is 5.25. The summed E-state index contributed by atoms with van der Waals surface area (Å²) in [5, 5.41) is 2.49. The number of nitrogens with one attached hydrogen (secondary N) is 1. The highest BCUT2D eigenvalue weighted by Crippen LogP contribution is 2.25. The zero-order valence-electron chi connectivity index (χ0n) is 10.8. The fourth-order valence-corrected chi connectivity index (χ4v) is 2.62. The van der Waals surface area contributed by atoms with Crippen molar-refractivity contribution >= 4 is 0 Å². The highest BCUT2D eigenvalue weighted by Gasteiger charge is 2.31. The van der Waals surface area contributed by atoms with Crippen LogP contribution in [-0.4, -0.2) is 42.8 Å². The summed E-state index contributed by atoms with van der Waals surface area (Å²) in [5.74, 6) is 0.572. The van der Waals surface area contributed by atoms with Crippen molar-refractivity contribution in [3.05, 3.63) is 0 Å². The third-order valence-electron chi connectivity index (χ3n) is 3.44. The molecular weight excluding hydrogens is 229 g/mol. The Bertz CT molecular complexity index is 228. The number of nitrogens with zero attached hydrogens (tertiary/aromatic N) is 1. The molecule has 102 valence electrons. The van der Waals surface area contributed by atoms with Gasteiger partial charge in [0.05, 0.1) is 6.54 Å². The van der Waals surface area contributed by atoms with E-state index in [1.54, 1.807) is 0 Å². The number of likely N-dealkylation sites (tertiary alicyclic amines) is 1. The molecule has 0 radical (unpaired) electrons. The Balaban J connectivity index is 2.34. The van der Waals surface area contributed by atoms with Gasteiger partial charge in [0.15, 0.2) is 0 Å². The average Bonchev–Trinajstić information content (AvgIpc) is 2.63. The van der Waals surface area contributed by atoms with Crippen LogP contribution in [0.2, 0.25) is 0 Å². The molecule has 1 rings (SSSR count). The molecular formula is C12H23F3N2. The van der Waals surface area contributed by atoms with Crippen molar-refractivity contribution in [3.8, 4) is 0 Å². The van der Waals surface area contributed by atoms with Crippen LogP contribution < -0.4 is 5.32 Å². The normalized spacial score (nSPS) is 24.5. The van der Waals surface area contributed by atoms with Crippen molar-refractivity contribution < 1.29 is 13.2 Å². The Morgan fingerprint density at radius 3 is 2.47 bits per heavy atom. The molecule has 1 heterocycles. The second kappa shape index (κ2) is 6.05. The minimum atomic E-state index is -4.11. The highest BCUT2D eigenvalue weighted by molar-refractivity contribution is 4.85. The van der Waals surface area contributed by atoms with Gasteiger partial charge in [0.25, 0.3) is 0 Å². The van der Waals surface area contributed by atoms with Gasteiger partial charge in [-0.25, -0.2) is 0 Å². The van der Waals surface area contributed by atoms with Crippen LogP contribution in [0.5, 0.6) is 0 Å². The Morgan fingerprint density at radius 2 is 1.94 bits per heavy atom. The van der Waals surface area contributed by atoms with Gasteiger partial charge in [-0.15, -0.1) is 0 Å². The summed E-state index contributed by atoms with van der Waals surface area (Å²) in [7, 11) is 0. The van der Waals surface area contributed by atoms with Crippen LogP contribution in [0.15, 0.2) is 0 Å². The standard InChI is InChI=1S/C12H23F3N2/c1-9(2)11-5-4-6-17(11)10(3)7-16-8-12(13,14)15/h9-11,16H,4-8H2,1-3H3. The molecule has 2 nitrogen and oxygen atoms in total. The SMILES string of the molecule is CC(C)C1CCCN1C(C)CNCC(F)(F)F. The first-order valence-electron chi connectivity index (χ1n) is 6.34. The van der Waals surface area contributed by atoms with E-state index in [0.717, 1.165) is 13.0 Å². The van der Waals surface area contributed by atoms with Crippen LogP contribution in [0.25, 0.3) is 0 Å². The number of rotatable bonds is 5. The summed E-state index contributed by atoms with van der Waals surface area (Å²) in [6.45, 7) is 6.89. The Hall–Kier alpha value is -0.290. The lowest BCUT2D eigenvalue weighted by Gasteiger charge is -2.33. The molecule has 0 aromatic rings. The molecule has 0 saturated carbocycles. The van der Waals surface area contributed by atoms with Crippen molar-refractivity contribution in [2.45, 2.75) is 51.9 Å². The molecule has 1 N–H and O–H groups in total. The molecule has 0 aromatic carbocycles. The minimum Gasteiger partial charge on any atom is -0.307 e. The number of alkyl halides is 3. The zero-order chi connectivity index (χ0) is 13.1. The van der Waals surface area contributed by atoms with Gasteiger partial charge in [-0.1, -0.05) is 13.8 Å². The van der Waals surface area contributed by atoms with Crippen molar-refractivity contribution in [3.63, 3.8) is 0 Å². The largest absolute Gasteiger partial charge is 0.401 e. The van der Waals surface area contributed by atoms with E-state index in [1.165, 1.54) is 6.42 Å². The van der Waals surface area contributed by atoms with E-state index in [2.05, 4.69) is 24.1 Å². The van der Waals surface area contributed by atoms with Crippen LogP contribution >= 0.6 is 0 Å². The molecule has 0 spiro atoms. The highest BCUT2D eigenvalue weighted by atomic mass is 19.4. The van der Waals surface area contributed by atoms with E-state index >= 15 is 0 Å². The topological polar surface area (TPSA) is 15.3 Å². The number of hydrogen-bond donors (Lipinski definition) is 1. The number of halogens is 3.